The van der Waals surface area contributed by atoms with Crippen LogP contribution in [0.1, 0.15) is 43.0 Å². The molecule has 1 aromatic carbocycles. The van der Waals surface area contributed by atoms with Crippen LogP contribution in [0.15, 0.2) is 24.3 Å². The predicted octanol–water partition coefficient (Wildman–Crippen LogP) is 0.610. The minimum atomic E-state index is -0.0216. The zero-order valence-electron chi connectivity index (χ0n) is 13.8. The van der Waals surface area contributed by atoms with Gasteiger partial charge in [0.05, 0.1) is 19.6 Å². The summed E-state index contributed by atoms with van der Waals surface area (Å²) < 4.78 is 0. The maximum atomic E-state index is 12.3. The number of hydrogen-bond donors (Lipinski definition) is 2. The Morgan fingerprint density at radius 3 is 2.74 bits per heavy atom. The van der Waals surface area contributed by atoms with Gasteiger partial charge in [-0.25, -0.2) is 0 Å². The molecule has 0 aromatic heterocycles. The first-order valence-electron chi connectivity index (χ1n) is 8.72. The molecule has 2 saturated heterocycles. The summed E-state index contributed by atoms with van der Waals surface area (Å²) in [6.45, 7) is 6.07. The van der Waals surface area contributed by atoms with Crippen LogP contribution in [0.3, 0.4) is 0 Å². The van der Waals surface area contributed by atoms with E-state index >= 15 is 0 Å². The highest BCUT2D eigenvalue weighted by molar-refractivity contribution is 5.97. The van der Waals surface area contributed by atoms with Crippen LogP contribution in [0, 0.1) is 0 Å². The molecule has 2 aliphatic heterocycles. The van der Waals surface area contributed by atoms with E-state index in [0.717, 1.165) is 31.7 Å². The molecule has 0 radical (unpaired) electrons. The lowest BCUT2D eigenvalue weighted by Gasteiger charge is -2.20. The molecule has 0 saturated carbocycles. The average molecular weight is 316 g/mol. The number of likely N-dealkylation sites (N-methyl/N-ethyl adjacent to an activating group) is 1. The van der Waals surface area contributed by atoms with Crippen LogP contribution in [0.25, 0.3) is 0 Å². The summed E-state index contributed by atoms with van der Waals surface area (Å²) in [5, 5.41) is 3.06. The summed E-state index contributed by atoms with van der Waals surface area (Å²) in [5.41, 5.74) is 1.55. The third-order valence-electron chi connectivity index (χ3n) is 5.11. The van der Waals surface area contributed by atoms with Crippen LogP contribution in [0.2, 0.25) is 0 Å². The van der Waals surface area contributed by atoms with Crippen LogP contribution < -0.4 is 15.1 Å². The molecule has 23 heavy (non-hydrogen) atoms. The van der Waals surface area contributed by atoms with Crippen molar-refractivity contribution in [2.45, 2.75) is 38.6 Å². The highest BCUT2D eigenvalue weighted by Crippen LogP contribution is 2.21. The Hall–Kier alpha value is -1.88. The largest absolute Gasteiger partial charge is 0.346 e. The maximum absolute atomic E-state index is 12.3. The molecule has 1 unspecified atom stereocenters. The molecule has 2 atom stereocenters. The smallest absolute Gasteiger partial charge is 0.251 e. The topological polar surface area (TPSA) is 53.9 Å². The Kier molecular flexibility index (Phi) is 4.96. The van der Waals surface area contributed by atoms with Gasteiger partial charge in [0.2, 0.25) is 5.91 Å². The molecule has 2 N–H and O–H groups in total. The third-order valence-corrected chi connectivity index (χ3v) is 5.11. The zero-order chi connectivity index (χ0) is 16.2. The van der Waals surface area contributed by atoms with Crippen LogP contribution in [0.5, 0.6) is 0 Å². The van der Waals surface area contributed by atoms with Gasteiger partial charge in [-0.05, 0) is 37.6 Å². The first-order chi connectivity index (χ1) is 11.2. The van der Waals surface area contributed by atoms with Crippen molar-refractivity contribution in [3.05, 3.63) is 29.8 Å². The van der Waals surface area contributed by atoms with Crippen LogP contribution in [-0.2, 0) is 4.79 Å². The third kappa shape index (κ3) is 3.55. The van der Waals surface area contributed by atoms with Gasteiger partial charge >= 0.3 is 0 Å². The number of nitrogens with one attached hydrogen (secondary N) is 2. The summed E-state index contributed by atoms with van der Waals surface area (Å²) in [4.78, 5) is 27.4. The molecule has 124 valence electrons. The van der Waals surface area contributed by atoms with E-state index in [4.69, 9.17) is 0 Å². The molecule has 0 aliphatic carbocycles. The number of hydrogen-bond acceptors (Lipinski definition) is 2. The number of benzene rings is 1. The van der Waals surface area contributed by atoms with E-state index in [1.807, 2.05) is 24.3 Å². The normalized spacial score (nSPS) is 24.2. The summed E-state index contributed by atoms with van der Waals surface area (Å²) in [5.74, 6) is 0.151. The fourth-order valence-corrected chi connectivity index (χ4v) is 3.73. The SMILES string of the molecule is CC[NH+]1CCC[C@H]1CNC(=O)c1ccc(N2CCCC2=O)cc1. The number of quaternary nitrogens is 1. The number of amides is 2. The molecule has 2 fully saturated rings. The monoisotopic (exact) mass is 316 g/mol. The van der Waals surface area contributed by atoms with Gasteiger partial charge in [0.25, 0.3) is 5.91 Å². The van der Waals surface area contributed by atoms with E-state index in [2.05, 4.69) is 12.2 Å². The summed E-state index contributed by atoms with van der Waals surface area (Å²) in [6.07, 6.45) is 3.99. The molecule has 5 heteroatoms. The van der Waals surface area contributed by atoms with Crippen LogP contribution in [0.4, 0.5) is 5.69 Å². The molecule has 2 heterocycles. The zero-order valence-corrected chi connectivity index (χ0v) is 13.8. The number of rotatable bonds is 5. The lowest BCUT2D eigenvalue weighted by molar-refractivity contribution is -0.909. The molecule has 3 rings (SSSR count). The second-order valence-corrected chi connectivity index (χ2v) is 6.51. The number of nitrogens with zero attached hydrogens (tertiary/aromatic N) is 1. The molecular weight excluding hydrogens is 290 g/mol. The minimum absolute atomic E-state index is 0.0216. The Bertz CT molecular complexity index is 570. The molecule has 1 aromatic rings. The first-order valence-corrected chi connectivity index (χ1v) is 8.72. The Morgan fingerprint density at radius 2 is 2.09 bits per heavy atom. The summed E-state index contributed by atoms with van der Waals surface area (Å²) in [6, 6.07) is 7.92. The Labute approximate surface area is 137 Å². The van der Waals surface area contributed by atoms with Gasteiger partial charge in [-0.1, -0.05) is 0 Å². The van der Waals surface area contributed by atoms with E-state index in [0.29, 0.717) is 18.0 Å². The van der Waals surface area contributed by atoms with Crippen molar-refractivity contribution >= 4 is 17.5 Å². The van der Waals surface area contributed by atoms with Crippen molar-refractivity contribution in [1.29, 1.82) is 0 Å². The van der Waals surface area contributed by atoms with Crippen molar-refractivity contribution in [3.63, 3.8) is 0 Å². The second-order valence-electron chi connectivity index (χ2n) is 6.51. The average Bonchev–Trinajstić information content (AvgIpc) is 3.21. The van der Waals surface area contributed by atoms with Crippen molar-refractivity contribution < 1.29 is 14.5 Å². The van der Waals surface area contributed by atoms with Gasteiger partial charge in [-0.2, -0.15) is 0 Å². The van der Waals surface area contributed by atoms with Crippen LogP contribution >= 0.6 is 0 Å². The highest BCUT2D eigenvalue weighted by Gasteiger charge is 2.27. The van der Waals surface area contributed by atoms with Gasteiger partial charge in [0.1, 0.15) is 6.04 Å². The van der Waals surface area contributed by atoms with E-state index in [1.165, 1.54) is 19.4 Å². The van der Waals surface area contributed by atoms with Crippen molar-refractivity contribution in [3.8, 4) is 0 Å². The van der Waals surface area contributed by atoms with Gasteiger partial charge in [-0.15, -0.1) is 0 Å². The van der Waals surface area contributed by atoms with E-state index < -0.39 is 0 Å². The number of carbonyl (C=O) groups is 2. The molecule has 2 aliphatic rings. The molecule has 0 spiro atoms. The lowest BCUT2D eigenvalue weighted by Crippen LogP contribution is -3.14. The van der Waals surface area contributed by atoms with Gasteiger partial charge < -0.3 is 15.1 Å². The van der Waals surface area contributed by atoms with Crippen LogP contribution in [-0.4, -0.2) is 44.0 Å². The number of carbonyl (C=O) groups excluding carboxylic acids is 2. The van der Waals surface area contributed by atoms with Gasteiger partial charge in [0.15, 0.2) is 0 Å². The fraction of sp³-hybridized carbons (Fsp3) is 0.556. The first kappa shape index (κ1) is 16.0. The molecule has 2 amide bonds. The summed E-state index contributed by atoms with van der Waals surface area (Å²) >= 11 is 0. The number of anilines is 1. The molecular formula is C18H26N3O2+. The second kappa shape index (κ2) is 7.13. The van der Waals surface area contributed by atoms with Gasteiger partial charge in [-0.3, -0.25) is 9.59 Å². The molecule has 5 nitrogen and oxygen atoms in total. The quantitative estimate of drug-likeness (QED) is 0.836. The standard InChI is InChI=1S/C18H25N3O2/c1-2-20-11-3-5-16(20)13-19-18(23)14-7-9-15(10-8-14)21-12-4-6-17(21)22/h7-10,16H,2-6,11-13H2,1H3,(H,19,23)/p+1/t16-/m0/s1. The highest BCUT2D eigenvalue weighted by atomic mass is 16.2. The molecule has 0 bridgehead atoms. The van der Waals surface area contributed by atoms with Crippen molar-refractivity contribution in [2.24, 2.45) is 0 Å². The van der Waals surface area contributed by atoms with Crippen molar-refractivity contribution in [1.82, 2.24) is 5.32 Å². The van der Waals surface area contributed by atoms with E-state index in [9.17, 15) is 9.59 Å². The van der Waals surface area contributed by atoms with E-state index in [1.54, 1.807) is 9.80 Å². The number of likely N-dealkylation sites (tertiary alicyclic amines) is 1. The lowest BCUT2D eigenvalue weighted by atomic mass is 10.1. The predicted molar refractivity (Wildman–Crippen MR) is 89.8 cm³/mol. The maximum Gasteiger partial charge on any atom is 0.251 e. The van der Waals surface area contributed by atoms with E-state index in [-0.39, 0.29) is 11.8 Å². The Morgan fingerprint density at radius 1 is 1.30 bits per heavy atom. The van der Waals surface area contributed by atoms with Crippen molar-refractivity contribution in [2.75, 3.05) is 31.1 Å². The Balaban J connectivity index is 1.56. The fourth-order valence-electron chi connectivity index (χ4n) is 3.73. The van der Waals surface area contributed by atoms with Gasteiger partial charge in [0, 0.05) is 37.1 Å². The summed E-state index contributed by atoms with van der Waals surface area (Å²) in [7, 11) is 0. The minimum Gasteiger partial charge on any atom is -0.346 e.